The minimum atomic E-state index is -1.60. The number of halogens is 3. The van der Waals surface area contributed by atoms with Crippen LogP contribution < -0.4 is 20.9 Å². The normalized spacial score (nSPS) is 17.5. The number of carbonyl (C=O) groups is 4. The van der Waals surface area contributed by atoms with Gasteiger partial charge in [-0.1, -0.05) is 30.3 Å². The maximum absolute atomic E-state index is 13.9. The van der Waals surface area contributed by atoms with Gasteiger partial charge in [-0.2, -0.15) is 0 Å². The van der Waals surface area contributed by atoms with Crippen molar-refractivity contribution in [3.63, 3.8) is 0 Å². The van der Waals surface area contributed by atoms with Crippen molar-refractivity contribution in [2.45, 2.75) is 58.2 Å². The smallest absolute Gasteiger partial charge is 0.249 e. The van der Waals surface area contributed by atoms with Crippen LogP contribution in [-0.2, 0) is 45.0 Å². The molecule has 4 amide bonds. The summed E-state index contributed by atoms with van der Waals surface area (Å²) in [6.07, 6.45) is 1.39. The van der Waals surface area contributed by atoms with Crippen LogP contribution in [0.2, 0.25) is 0 Å². The van der Waals surface area contributed by atoms with Gasteiger partial charge in [0.15, 0.2) is 0 Å². The van der Waals surface area contributed by atoms with Gasteiger partial charge in [0.2, 0.25) is 23.6 Å². The molecule has 0 radical (unpaired) electrons. The second kappa shape index (κ2) is 12.5. The highest BCUT2D eigenvalue weighted by molar-refractivity contribution is 6.07. The van der Waals surface area contributed by atoms with Gasteiger partial charge in [0.05, 0.1) is 18.2 Å². The Morgan fingerprint density at radius 3 is 2.25 bits per heavy atom. The van der Waals surface area contributed by atoms with Gasteiger partial charge >= 0.3 is 0 Å². The van der Waals surface area contributed by atoms with Gasteiger partial charge in [0, 0.05) is 19.2 Å². The fourth-order valence-corrected chi connectivity index (χ4v) is 5.67. The molecule has 0 fully saturated rings. The predicted molar refractivity (Wildman–Crippen MR) is 157 cm³/mol. The van der Waals surface area contributed by atoms with Crippen molar-refractivity contribution < 1.29 is 32.3 Å². The van der Waals surface area contributed by atoms with Gasteiger partial charge in [-0.25, -0.2) is 13.2 Å². The second-order valence-electron chi connectivity index (χ2n) is 11.7. The number of carbonyl (C=O) groups excluding carboxylic acids is 4. The molecule has 0 aromatic heterocycles. The molecular weight excluding hydrogens is 573 g/mol. The molecule has 0 saturated heterocycles. The highest BCUT2D eigenvalue weighted by Crippen LogP contribution is 2.39. The lowest BCUT2D eigenvalue weighted by Gasteiger charge is -2.30. The number of benzene rings is 3. The maximum atomic E-state index is 13.9. The van der Waals surface area contributed by atoms with Gasteiger partial charge in [-0.3, -0.25) is 19.2 Å². The fraction of sp³-hybridized carbons (Fsp3) is 0.333. The molecule has 2 aliphatic rings. The first-order chi connectivity index (χ1) is 20.9. The molecule has 230 valence electrons. The van der Waals surface area contributed by atoms with Crippen LogP contribution in [0.25, 0.3) is 0 Å². The van der Waals surface area contributed by atoms with E-state index in [9.17, 15) is 32.3 Å². The quantitative estimate of drug-likeness (QED) is 0.324. The largest absolute Gasteiger partial charge is 0.354 e. The minimum Gasteiger partial charge on any atom is -0.354 e. The lowest BCUT2D eigenvalue weighted by atomic mass is 9.90. The van der Waals surface area contributed by atoms with E-state index in [1.165, 1.54) is 26.0 Å². The molecule has 8 nitrogen and oxygen atoms in total. The molecule has 3 aromatic rings. The summed E-state index contributed by atoms with van der Waals surface area (Å²) in [5.74, 6) is -3.91. The Bertz CT molecular complexity index is 1590. The molecule has 11 heteroatoms. The van der Waals surface area contributed by atoms with E-state index >= 15 is 0 Å². The fourth-order valence-electron chi connectivity index (χ4n) is 5.67. The number of rotatable bonds is 9. The summed E-state index contributed by atoms with van der Waals surface area (Å²) in [6.45, 7) is 2.81. The van der Waals surface area contributed by atoms with Crippen LogP contribution >= 0.6 is 0 Å². The Hall–Kier alpha value is -4.67. The first-order valence-corrected chi connectivity index (χ1v) is 14.4. The van der Waals surface area contributed by atoms with Crippen molar-refractivity contribution in [2.24, 2.45) is 5.41 Å². The van der Waals surface area contributed by atoms with Crippen LogP contribution in [0, 0.1) is 22.9 Å². The van der Waals surface area contributed by atoms with E-state index in [1.807, 2.05) is 18.2 Å². The number of nitrogens with zero attached hydrogens (tertiary/aromatic N) is 1. The zero-order valence-corrected chi connectivity index (χ0v) is 24.4. The van der Waals surface area contributed by atoms with Crippen LogP contribution in [0.1, 0.15) is 42.5 Å². The average Bonchev–Trinajstić information content (AvgIpc) is 3.29. The van der Waals surface area contributed by atoms with Crippen molar-refractivity contribution in [1.82, 2.24) is 16.0 Å². The SMILES string of the molecule is CC(C)(C(=O)NCc1cc(F)cc(F)c1)C(=O)N[C@H]1CCc2cccc3c2N(C1=O)[C@H](CNC(=O)Cc1ccc(F)cc1)C3. The highest BCUT2D eigenvalue weighted by Gasteiger charge is 2.43. The number of aryl methyl sites for hydroxylation is 1. The topological polar surface area (TPSA) is 108 Å². The van der Waals surface area contributed by atoms with Crippen LogP contribution in [0.15, 0.2) is 60.7 Å². The highest BCUT2D eigenvalue weighted by atomic mass is 19.1. The summed E-state index contributed by atoms with van der Waals surface area (Å²) < 4.78 is 40.3. The van der Waals surface area contributed by atoms with E-state index in [0.29, 0.717) is 24.8 Å². The molecule has 44 heavy (non-hydrogen) atoms. The molecule has 2 atom stereocenters. The molecule has 2 heterocycles. The molecule has 0 spiro atoms. The monoisotopic (exact) mass is 606 g/mol. The predicted octanol–water partition coefficient (Wildman–Crippen LogP) is 3.49. The summed E-state index contributed by atoms with van der Waals surface area (Å²) >= 11 is 0. The van der Waals surface area contributed by atoms with Crippen molar-refractivity contribution in [1.29, 1.82) is 0 Å². The van der Waals surface area contributed by atoms with E-state index in [-0.39, 0.29) is 42.7 Å². The second-order valence-corrected chi connectivity index (χ2v) is 11.7. The molecule has 0 unspecified atom stereocenters. The Morgan fingerprint density at radius 2 is 1.55 bits per heavy atom. The first-order valence-electron chi connectivity index (χ1n) is 14.4. The first kappa shape index (κ1) is 30.8. The Balaban J connectivity index is 1.25. The molecule has 5 rings (SSSR count). The van der Waals surface area contributed by atoms with E-state index in [0.717, 1.165) is 35.0 Å². The van der Waals surface area contributed by atoms with E-state index in [1.54, 1.807) is 17.0 Å². The molecular formula is C33H33F3N4O4. The van der Waals surface area contributed by atoms with Gasteiger partial charge in [0.25, 0.3) is 0 Å². The van der Waals surface area contributed by atoms with Crippen LogP contribution in [0.3, 0.4) is 0 Å². The Kier molecular flexibility index (Phi) is 8.75. The number of para-hydroxylation sites is 1. The third kappa shape index (κ3) is 6.61. The summed E-state index contributed by atoms with van der Waals surface area (Å²) in [6, 6.07) is 13.0. The van der Waals surface area contributed by atoms with Crippen LogP contribution in [0.5, 0.6) is 0 Å². The van der Waals surface area contributed by atoms with E-state index in [4.69, 9.17) is 0 Å². The zero-order valence-electron chi connectivity index (χ0n) is 24.4. The summed E-state index contributed by atoms with van der Waals surface area (Å²) in [7, 11) is 0. The van der Waals surface area contributed by atoms with Crippen molar-refractivity contribution in [3.8, 4) is 0 Å². The average molecular weight is 607 g/mol. The van der Waals surface area contributed by atoms with Gasteiger partial charge in [0.1, 0.15) is 28.9 Å². The van der Waals surface area contributed by atoms with Crippen molar-refractivity contribution >= 4 is 29.3 Å². The van der Waals surface area contributed by atoms with Crippen molar-refractivity contribution in [3.05, 3.63) is 100 Å². The third-order valence-corrected chi connectivity index (χ3v) is 8.13. The number of amides is 4. The molecule has 0 aliphatic carbocycles. The van der Waals surface area contributed by atoms with Gasteiger partial charge in [-0.15, -0.1) is 0 Å². The van der Waals surface area contributed by atoms with Gasteiger partial charge < -0.3 is 20.9 Å². The Labute approximate surface area is 253 Å². The van der Waals surface area contributed by atoms with E-state index < -0.39 is 40.9 Å². The Morgan fingerprint density at radius 1 is 0.864 bits per heavy atom. The van der Waals surface area contributed by atoms with Gasteiger partial charge in [-0.05, 0) is 79.6 Å². The molecule has 0 saturated carbocycles. The summed E-state index contributed by atoms with van der Waals surface area (Å²) in [5.41, 5.74) is 1.95. The minimum absolute atomic E-state index is 0.0587. The maximum Gasteiger partial charge on any atom is 0.249 e. The lowest BCUT2D eigenvalue weighted by molar-refractivity contribution is -0.143. The summed E-state index contributed by atoms with van der Waals surface area (Å²) in [4.78, 5) is 54.6. The van der Waals surface area contributed by atoms with Crippen molar-refractivity contribution in [2.75, 3.05) is 11.4 Å². The zero-order chi connectivity index (χ0) is 31.6. The van der Waals surface area contributed by atoms with Crippen LogP contribution in [0.4, 0.5) is 18.9 Å². The molecule has 3 aromatic carbocycles. The number of anilines is 1. The van der Waals surface area contributed by atoms with Crippen LogP contribution in [-0.4, -0.2) is 42.3 Å². The number of hydrogen-bond donors (Lipinski definition) is 3. The van der Waals surface area contributed by atoms with E-state index in [2.05, 4.69) is 16.0 Å². The number of hydrogen-bond acceptors (Lipinski definition) is 4. The third-order valence-electron chi connectivity index (χ3n) is 8.13. The standard InChI is InChI=1S/C33H33F3N4O4/c1-33(2,31(43)38-17-20-12-24(35)16-25(36)13-20)32(44)39-27-11-8-21-4-3-5-22-15-26(40(29(21)22)30(27)42)18-37-28(41)14-19-6-9-23(34)10-7-19/h3-7,9-10,12-13,16,26-27H,8,11,14-15,17-18H2,1-2H3,(H,37,41)(H,38,43)(H,39,44)/t26-,27-/m0/s1. The number of nitrogens with one attached hydrogen (secondary N) is 3. The molecule has 0 bridgehead atoms. The lowest BCUT2D eigenvalue weighted by Crippen LogP contribution is -2.56. The molecule has 3 N–H and O–H groups in total. The summed E-state index contributed by atoms with van der Waals surface area (Å²) in [5, 5.41) is 8.19. The molecule has 2 aliphatic heterocycles.